The van der Waals surface area contributed by atoms with Gasteiger partial charge in [-0.1, -0.05) is 42.5 Å². The fraction of sp³-hybridized carbons (Fsp3) is 0.185. The summed E-state index contributed by atoms with van der Waals surface area (Å²) in [4.78, 5) is 46.5. The van der Waals surface area contributed by atoms with Crippen molar-refractivity contribution < 1.29 is 19.1 Å². The second-order valence-corrected chi connectivity index (χ2v) is 9.18. The molecule has 0 aliphatic carbocycles. The fourth-order valence-electron chi connectivity index (χ4n) is 3.65. The highest BCUT2D eigenvalue weighted by molar-refractivity contribution is 7.18. The Morgan fingerprint density at radius 2 is 1.51 bits per heavy atom. The molecule has 1 heterocycles. The first kappa shape index (κ1) is 24.1. The summed E-state index contributed by atoms with van der Waals surface area (Å²) < 4.78 is 6.52. The van der Waals surface area contributed by atoms with Crippen LogP contribution >= 0.6 is 11.3 Å². The molecule has 0 saturated carbocycles. The van der Waals surface area contributed by atoms with Crippen LogP contribution in [0.1, 0.15) is 32.6 Å². The number of hydrogen-bond acceptors (Lipinski definition) is 6. The van der Waals surface area contributed by atoms with Crippen LogP contribution in [0.25, 0.3) is 10.2 Å². The van der Waals surface area contributed by atoms with E-state index in [1.165, 1.54) is 34.1 Å². The Kier molecular flexibility index (Phi) is 7.22. The van der Waals surface area contributed by atoms with Gasteiger partial charge in [-0.05, 0) is 43.3 Å². The highest BCUT2D eigenvalue weighted by Gasteiger charge is 2.26. The summed E-state index contributed by atoms with van der Waals surface area (Å²) in [5, 5.41) is 0.792. The molecular formula is C27H25N3O4S. The Hall–Kier alpha value is -4.04. The van der Waals surface area contributed by atoms with Gasteiger partial charge in [-0.15, -0.1) is 11.3 Å². The number of fused-ring (bicyclic) bond motifs is 1. The van der Waals surface area contributed by atoms with Crippen LogP contribution in [-0.4, -0.2) is 47.9 Å². The number of benzene rings is 3. The number of hydrogen-bond donors (Lipinski definition) is 0. The maximum atomic E-state index is 13.1. The Bertz CT molecular complexity index is 1340. The van der Waals surface area contributed by atoms with E-state index in [1.54, 1.807) is 44.4 Å². The molecule has 7 nitrogen and oxygen atoms in total. The van der Waals surface area contributed by atoms with Gasteiger partial charge >= 0.3 is 5.97 Å². The molecule has 178 valence electrons. The molecule has 8 heteroatoms. The van der Waals surface area contributed by atoms with E-state index in [4.69, 9.17) is 4.74 Å². The average molecular weight is 488 g/mol. The number of ether oxygens (including phenoxy) is 1. The van der Waals surface area contributed by atoms with Crippen molar-refractivity contribution in [2.45, 2.75) is 19.6 Å². The van der Waals surface area contributed by atoms with Gasteiger partial charge in [-0.25, -0.2) is 9.78 Å². The quantitative estimate of drug-likeness (QED) is 0.351. The summed E-state index contributed by atoms with van der Waals surface area (Å²) in [7, 11) is 3.29. The molecule has 3 aromatic carbocycles. The number of esters is 1. The van der Waals surface area contributed by atoms with Gasteiger partial charge in [-0.3, -0.25) is 9.59 Å². The highest BCUT2D eigenvalue weighted by Crippen LogP contribution is 2.23. The van der Waals surface area contributed by atoms with Crippen molar-refractivity contribution in [1.82, 2.24) is 9.88 Å². The van der Waals surface area contributed by atoms with Gasteiger partial charge in [0.2, 0.25) is 0 Å². The Balaban J connectivity index is 1.44. The average Bonchev–Trinajstić information content (AvgIpc) is 3.30. The van der Waals surface area contributed by atoms with E-state index in [0.29, 0.717) is 12.2 Å². The van der Waals surface area contributed by atoms with Crippen LogP contribution in [0.3, 0.4) is 0 Å². The van der Waals surface area contributed by atoms with E-state index in [1.807, 2.05) is 42.5 Å². The third-order valence-electron chi connectivity index (χ3n) is 5.54. The van der Waals surface area contributed by atoms with Gasteiger partial charge in [0.05, 0.1) is 27.9 Å². The molecule has 0 aliphatic heterocycles. The Labute approximate surface area is 207 Å². The van der Waals surface area contributed by atoms with E-state index >= 15 is 0 Å². The number of carbonyl (C=O) groups is 3. The first-order chi connectivity index (χ1) is 16.8. The minimum absolute atomic E-state index is 0.105. The normalized spacial score (nSPS) is 11.6. The zero-order valence-electron chi connectivity index (χ0n) is 19.7. The zero-order chi connectivity index (χ0) is 24.9. The molecule has 0 saturated heterocycles. The van der Waals surface area contributed by atoms with E-state index < -0.39 is 12.1 Å². The van der Waals surface area contributed by atoms with Gasteiger partial charge in [0.1, 0.15) is 5.01 Å². The number of aromatic nitrogens is 1. The highest BCUT2D eigenvalue weighted by atomic mass is 32.1. The van der Waals surface area contributed by atoms with E-state index in [9.17, 15) is 14.4 Å². The smallest absolute Gasteiger partial charge is 0.339 e. The maximum absolute atomic E-state index is 13.1. The topological polar surface area (TPSA) is 79.8 Å². The lowest BCUT2D eigenvalue weighted by Crippen LogP contribution is -2.37. The van der Waals surface area contributed by atoms with Gasteiger partial charge < -0.3 is 14.5 Å². The van der Waals surface area contributed by atoms with E-state index in [-0.39, 0.29) is 22.9 Å². The molecule has 0 radical (unpaired) electrons. The van der Waals surface area contributed by atoms with Crippen molar-refractivity contribution in [1.29, 1.82) is 0 Å². The number of para-hydroxylation sites is 2. The molecule has 35 heavy (non-hydrogen) atoms. The van der Waals surface area contributed by atoms with Crippen molar-refractivity contribution in [2.24, 2.45) is 0 Å². The SMILES string of the molecule is CC(OC(=O)c1ccccc1C(=O)N(C)c1ccccc1)C(=O)N(C)Cc1nc2ccccc2s1. The van der Waals surface area contributed by atoms with E-state index in [2.05, 4.69) is 4.98 Å². The number of carbonyl (C=O) groups excluding carboxylic acids is 3. The molecule has 2 amide bonds. The standard InChI is InChI=1S/C27H25N3O4S/c1-18(25(31)29(2)17-24-28-22-15-9-10-16-23(22)35-24)34-27(33)21-14-8-7-13-20(21)26(32)30(3)19-11-5-4-6-12-19/h4-16,18H,17H2,1-3H3. The van der Waals surface area contributed by atoms with Crippen LogP contribution < -0.4 is 4.90 Å². The van der Waals surface area contributed by atoms with Gasteiger partial charge in [0.25, 0.3) is 11.8 Å². The van der Waals surface area contributed by atoms with Crippen LogP contribution in [0.5, 0.6) is 0 Å². The van der Waals surface area contributed by atoms with Crippen LogP contribution in [0, 0.1) is 0 Å². The molecule has 4 aromatic rings. The zero-order valence-corrected chi connectivity index (χ0v) is 20.5. The summed E-state index contributed by atoms with van der Waals surface area (Å²) in [5.41, 5.74) is 1.88. The Morgan fingerprint density at radius 3 is 2.23 bits per heavy atom. The largest absolute Gasteiger partial charge is 0.449 e. The fourth-order valence-corrected chi connectivity index (χ4v) is 4.67. The van der Waals surface area contributed by atoms with Crippen LogP contribution in [0.4, 0.5) is 5.69 Å². The van der Waals surface area contributed by atoms with Crippen molar-refractivity contribution in [2.75, 3.05) is 19.0 Å². The first-order valence-corrected chi connectivity index (χ1v) is 11.9. The summed E-state index contributed by atoms with van der Waals surface area (Å²) >= 11 is 1.52. The van der Waals surface area contributed by atoms with Gasteiger partial charge in [0, 0.05) is 19.8 Å². The lowest BCUT2D eigenvalue weighted by molar-refractivity contribution is -0.139. The number of thiazole rings is 1. The third kappa shape index (κ3) is 5.38. The molecule has 1 atom stereocenters. The molecule has 0 aliphatic rings. The lowest BCUT2D eigenvalue weighted by Gasteiger charge is -2.22. The molecule has 1 unspecified atom stereocenters. The van der Waals surface area contributed by atoms with Crippen molar-refractivity contribution in [3.05, 3.63) is 95.0 Å². The van der Waals surface area contributed by atoms with Crippen LogP contribution in [0.15, 0.2) is 78.9 Å². The predicted octanol–water partition coefficient (Wildman–Crippen LogP) is 4.78. The number of likely N-dealkylation sites (N-methyl/N-ethyl adjacent to an activating group) is 1. The monoisotopic (exact) mass is 487 g/mol. The molecule has 1 aromatic heterocycles. The minimum Gasteiger partial charge on any atom is -0.449 e. The Morgan fingerprint density at radius 1 is 0.886 bits per heavy atom. The summed E-state index contributed by atoms with van der Waals surface area (Å²) in [6.45, 7) is 1.83. The summed E-state index contributed by atoms with van der Waals surface area (Å²) in [6.07, 6.45) is -1.03. The molecule has 0 bridgehead atoms. The maximum Gasteiger partial charge on any atom is 0.339 e. The second kappa shape index (κ2) is 10.5. The van der Waals surface area contributed by atoms with Gasteiger partial charge in [-0.2, -0.15) is 0 Å². The molecule has 0 N–H and O–H groups in total. The van der Waals surface area contributed by atoms with Crippen LogP contribution in [-0.2, 0) is 16.1 Å². The number of amides is 2. The molecule has 0 fully saturated rings. The van der Waals surface area contributed by atoms with Gasteiger partial charge in [0.15, 0.2) is 6.10 Å². The molecule has 0 spiro atoms. The molecular weight excluding hydrogens is 462 g/mol. The third-order valence-corrected chi connectivity index (χ3v) is 6.57. The van der Waals surface area contributed by atoms with E-state index in [0.717, 1.165) is 15.2 Å². The van der Waals surface area contributed by atoms with Crippen LogP contribution in [0.2, 0.25) is 0 Å². The summed E-state index contributed by atoms with van der Waals surface area (Å²) in [5.74, 6) is -1.44. The number of anilines is 1. The molecule has 4 rings (SSSR count). The van der Waals surface area contributed by atoms with Crippen molar-refractivity contribution in [3.63, 3.8) is 0 Å². The predicted molar refractivity (Wildman–Crippen MR) is 137 cm³/mol. The number of nitrogens with zero attached hydrogens (tertiary/aromatic N) is 3. The van der Waals surface area contributed by atoms with Crippen molar-refractivity contribution in [3.8, 4) is 0 Å². The minimum atomic E-state index is -1.03. The number of rotatable bonds is 7. The second-order valence-electron chi connectivity index (χ2n) is 8.06. The lowest BCUT2D eigenvalue weighted by atomic mass is 10.1. The summed E-state index contributed by atoms with van der Waals surface area (Å²) in [6, 6.07) is 23.3. The van der Waals surface area contributed by atoms with Crippen molar-refractivity contribution >= 4 is 45.0 Å². The first-order valence-electron chi connectivity index (χ1n) is 11.1.